The number of anilines is 1. The van der Waals surface area contributed by atoms with E-state index in [2.05, 4.69) is 10.8 Å². The monoisotopic (exact) mass is 665 g/mol. The third-order valence-electron chi connectivity index (χ3n) is 8.19. The van der Waals surface area contributed by atoms with Crippen LogP contribution in [0.3, 0.4) is 0 Å². The molecule has 6 rings (SSSR count). The van der Waals surface area contributed by atoms with Gasteiger partial charge in [0.2, 0.25) is 10.0 Å². The molecule has 0 amide bonds. The number of halogens is 1. The molecule has 45 heavy (non-hydrogen) atoms. The van der Waals surface area contributed by atoms with Gasteiger partial charge < -0.3 is 9.47 Å². The summed E-state index contributed by atoms with van der Waals surface area (Å²) >= 11 is 6.35. The number of sulfonamides is 2. The van der Waals surface area contributed by atoms with E-state index in [0.29, 0.717) is 23.6 Å². The first-order chi connectivity index (χ1) is 21.6. The maximum absolute atomic E-state index is 13.8. The molecule has 0 saturated carbocycles. The number of ether oxygens (including phenoxy) is 2. The largest absolute Gasteiger partial charge is 0.497 e. The van der Waals surface area contributed by atoms with Crippen LogP contribution >= 0.6 is 11.6 Å². The fourth-order valence-corrected chi connectivity index (χ4v) is 8.87. The Morgan fingerprint density at radius 1 is 0.822 bits per heavy atom. The zero-order chi connectivity index (χ0) is 31.8. The number of methoxy groups -OCH3 is 2. The molecule has 0 radical (unpaired) electrons. The van der Waals surface area contributed by atoms with E-state index in [9.17, 15) is 16.8 Å². The Morgan fingerprint density at radius 2 is 1.60 bits per heavy atom. The molecule has 1 aliphatic carbocycles. The number of fused-ring (bicyclic) bond motifs is 2. The molecule has 2 aliphatic rings. The smallest absolute Gasteiger partial charge is 0.265 e. The van der Waals surface area contributed by atoms with Gasteiger partial charge in [0.25, 0.3) is 10.0 Å². The van der Waals surface area contributed by atoms with Crippen LogP contribution in [0.5, 0.6) is 11.5 Å². The summed E-state index contributed by atoms with van der Waals surface area (Å²) in [5, 5.41) is 0.685. The lowest BCUT2D eigenvalue weighted by Crippen LogP contribution is -2.36. The number of hydrogen-bond donors (Lipinski definition) is 1. The molecule has 3 aromatic carbocycles. The summed E-state index contributed by atoms with van der Waals surface area (Å²) in [5.74, 6) is 0.463. The fraction of sp³-hybridized carbons (Fsp3) is 0.242. The number of nitrogens with one attached hydrogen (secondary N) is 1. The Bertz CT molecular complexity index is 2020. The molecule has 0 bridgehead atoms. The van der Waals surface area contributed by atoms with Crippen molar-refractivity contribution in [3.8, 4) is 11.5 Å². The molecule has 1 N–H and O–H groups in total. The minimum atomic E-state index is -4.13. The van der Waals surface area contributed by atoms with E-state index in [4.69, 9.17) is 26.1 Å². The van der Waals surface area contributed by atoms with Crippen molar-refractivity contribution in [2.24, 2.45) is 0 Å². The number of pyridine rings is 1. The van der Waals surface area contributed by atoms with Crippen molar-refractivity contribution in [1.29, 1.82) is 0 Å². The zero-order valence-corrected chi connectivity index (χ0v) is 27.2. The van der Waals surface area contributed by atoms with E-state index in [1.165, 1.54) is 54.9 Å². The van der Waals surface area contributed by atoms with Gasteiger partial charge in [0.05, 0.1) is 30.5 Å². The Balaban J connectivity index is 1.27. The van der Waals surface area contributed by atoms with E-state index in [0.717, 1.165) is 46.4 Å². The zero-order valence-electron chi connectivity index (χ0n) is 24.8. The van der Waals surface area contributed by atoms with E-state index < -0.39 is 20.0 Å². The Labute approximate surface area is 268 Å². The number of benzene rings is 3. The summed E-state index contributed by atoms with van der Waals surface area (Å²) in [6, 6.07) is 20.2. The highest BCUT2D eigenvalue weighted by Crippen LogP contribution is 2.39. The number of nitrogens with zero attached hydrogens (tertiary/aromatic N) is 2. The van der Waals surface area contributed by atoms with E-state index in [-0.39, 0.29) is 34.3 Å². The van der Waals surface area contributed by atoms with Crippen molar-refractivity contribution in [2.75, 3.05) is 32.0 Å². The van der Waals surface area contributed by atoms with Crippen LogP contribution in [-0.2, 0) is 32.9 Å². The Morgan fingerprint density at radius 3 is 2.36 bits per heavy atom. The van der Waals surface area contributed by atoms with E-state index >= 15 is 0 Å². The molecule has 12 heteroatoms. The van der Waals surface area contributed by atoms with Gasteiger partial charge in [-0.2, -0.15) is 4.31 Å². The summed E-state index contributed by atoms with van der Waals surface area (Å²) < 4.78 is 68.5. The third kappa shape index (κ3) is 6.17. The van der Waals surface area contributed by atoms with Crippen molar-refractivity contribution < 1.29 is 26.3 Å². The minimum absolute atomic E-state index is 0.00197. The minimum Gasteiger partial charge on any atom is -0.497 e. The predicted octanol–water partition coefficient (Wildman–Crippen LogP) is 5.94. The summed E-state index contributed by atoms with van der Waals surface area (Å²) in [5.41, 5.74) is 6.68. The lowest BCUT2D eigenvalue weighted by Gasteiger charge is -2.30. The van der Waals surface area contributed by atoms with Gasteiger partial charge in [-0.1, -0.05) is 35.4 Å². The average molecular weight is 666 g/mol. The third-order valence-corrected chi connectivity index (χ3v) is 11.7. The molecular formula is C33H32ClN3O6S2. The molecular weight excluding hydrogens is 634 g/mol. The first-order valence-electron chi connectivity index (χ1n) is 14.4. The van der Waals surface area contributed by atoms with Gasteiger partial charge in [0, 0.05) is 35.9 Å². The van der Waals surface area contributed by atoms with Crippen LogP contribution in [0.15, 0.2) is 94.4 Å². The standard InChI is InChI=1S/C33H32ClN3O6S2/c1-42-27-11-13-30(43-2)31(21-27)44(38,39)36-26-6-3-7-28(20-26)45(40,41)37-17-14-22(15-18-37)32-29-12-10-25(34)19-24(29)9-8-23-5-4-16-35-33(23)32/h3-7,10-13,16,19-21,36H,8-9,14-15,17-18H2,1-2H3. The van der Waals surface area contributed by atoms with Gasteiger partial charge in [-0.15, -0.1) is 0 Å². The molecule has 0 atom stereocenters. The van der Waals surface area contributed by atoms with Gasteiger partial charge in [-0.3, -0.25) is 9.71 Å². The highest BCUT2D eigenvalue weighted by molar-refractivity contribution is 7.92. The average Bonchev–Trinajstić information content (AvgIpc) is 3.21. The van der Waals surface area contributed by atoms with E-state index in [1.54, 1.807) is 12.3 Å². The van der Waals surface area contributed by atoms with Gasteiger partial charge in [0.15, 0.2) is 0 Å². The quantitative estimate of drug-likeness (QED) is 0.260. The molecule has 4 aromatic rings. The van der Waals surface area contributed by atoms with Crippen LogP contribution < -0.4 is 14.2 Å². The number of aryl methyl sites for hydroxylation is 2. The first kappa shape index (κ1) is 31.1. The maximum Gasteiger partial charge on any atom is 0.265 e. The Kier molecular flexibility index (Phi) is 8.62. The number of aromatic nitrogens is 1. The number of hydrogen-bond acceptors (Lipinski definition) is 7. The predicted molar refractivity (Wildman–Crippen MR) is 174 cm³/mol. The van der Waals surface area contributed by atoms with Crippen LogP contribution in [0.2, 0.25) is 5.02 Å². The molecule has 9 nitrogen and oxygen atoms in total. The first-order valence-corrected chi connectivity index (χ1v) is 17.7. The van der Waals surface area contributed by atoms with E-state index in [1.807, 2.05) is 24.3 Å². The summed E-state index contributed by atoms with van der Waals surface area (Å²) in [7, 11) is -5.25. The fourth-order valence-electron chi connectivity index (χ4n) is 5.95. The maximum atomic E-state index is 13.8. The second-order valence-electron chi connectivity index (χ2n) is 10.8. The normalized spacial score (nSPS) is 15.5. The van der Waals surface area contributed by atoms with Gasteiger partial charge in [-0.05, 0) is 90.9 Å². The van der Waals surface area contributed by atoms with Crippen LogP contribution in [0.1, 0.15) is 35.2 Å². The van der Waals surface area contributed by atoms with Crippen molar-refractivity contribution in [1.82, 2.24) is 9.29 Å². The SMILES string of the molecule is COc1ccc(OC)c(S(=O)(=O)Nc2cccc(S(=O)(=O)N3CCC(=C4c5ccc(Cl)cc5CCc5cccnc54)CC3)c2)c1. The Hall–Kier alpha value is -3.90. The summed E-state index contributed by atoms with van der Waals surface area (Å²) in [6.07, 6.45) is 4.56. The molecule has 234 valence electrons. The molecule has 1 aliphatic heterocycles. The van der Waals surface area contributed by atoms with Gasteiger partial charge in [-0.25, -0.2) is 16.8 Å². The molecule has 1 fully saturated rings. The lowest BCUT2D eigenvalue weighted by molar-refractivity contribution is 0.387. The topological polar surface area (TPSA) is 115 Å². The van der Waals surface area contributed by atoms with Crippen molar-refractivity contribution in [3.63, 3.8) is 0 Å². The highest BCUT2D eigenvalue weighted by Gasteiger charge is 2.31. The van der Waals surface area contributed by atoms with Gasteiger partial charge in [0.1, 0.15) is 16.4 Å². The molecule has 2 heterocycles. The second kappa shape index (κ2) is 12.5. The number of rotatable bonds is 7. The van der Waals surface area contributed by atoms with Crippen molar-refractivity contribution >= 4 is 42.9 Å². The summed E-state index contributed by atoms with van der Waals surface area (Å²) in [4.78, 5) is 4.63. The number of piperidine rings is 1. The van der Waals surface area contributed by atoms with Crippen LogP contribution in [-0.4, -0.2) is 53.4 Å². The lowest BCUT2D eigenvalue weighted by atomic mass is 9.89. The summed E-state index contributed by atoms with van der Waals surface area (Å²) in [6.45, 7) is 0.562. The second-order valence-corrected chi connectivity index (χ2v) is 14.9. The molecule has 1 aromatic heterocycles. The molecule has 0 spiro atoms. The molecule has 0 unspecified atom stereocenters. The van der Waals surface area contributed by atoms with Crippen molar-refractivity contribution in [2.45, 2.75) is 35.5 Å². The molecule has 1 saturated heterocycles. The van der Waals surface area contributed by atoms with Crippen LogP contribution in [0.25, 0.3) is 5.57 Å². The van der Waals surface area contributed by atoms with Crippen LogP contribution in [0.4, 0.5) is 5.69 Å². The van der Waals surface area contributed by atoms with Crippen LogP contribution in [0, 0.1) is 0 Å². The van der Waals surface area contributed by atoms with Crippen molar-refractivity contribution in [3.05, 3.63) is 112 Å². The highest BCUT2D eigenvalue weighted by atomic mass is 35.5. The van der Waals surface area contributed by atoms with Gasteiger partial charge >= 0.3 is 0 Å².